The summed E-state index contributed by atoms with van der Waals surface area (Å²) in [6.45, 7) is 4.11. The smallest absolute Gasteiger partial charge is 0.218 e. The highest BCUT2D eigenvalue weighted by Gasteiger charge is 2.17. The number of hydrogen-bond acceptors (Lipinski definition) is 7. The average Bonchev–Trinajstić information content (AvgIpc) is 3.19. The van der Waals surface area contributed by atoms with Crippen molar-refractivity contribution >= 4 is 0 Å². The number of nitrogens with two attached hydrogens (primary N) is 1. The van der Waals surface area contributed by atoms with E-state index in [1.54, 1.807) is 54.6 Å². The molecule has 0 amide bonds. The molecule has 0 bridgehead atoms. The third-order valence-electron chi connectivity index (χ3n) is 5.11. The van der Waals surface area contributed by atoms with Crippen LogP contribution in [0.1, 0.15) is 31.0 Å². The number of nitriles is 1. The van der Waals surface area contributed by atoms with Crippen LogP contribution in [0, 0.1) is 17.2 Å². The van der Waals surface area contributed by atoms with Crippen molar-refractivity contribution in [2.24, 2.45) is 18.7 Å². The number of aryl methyl sites for hydroxylation is 1. The fraction of sp³-hybridized carbons (Fsp3) is 0.208. The van der Waals surface area contributed by atoms with Gasteiger partial charge in [0.1, 0.15) is 11.4 Å². The Bertz CT molecular complexity index is 1260. The lowest BCUT2D eigenvalue weighted by Crippen LogP contribution is -2.17. The number of hydrogen-bond donors (Lipinski definition) is 1. The summed E-state index contributed by atoms with van der Waals surface area (Å²) in [5.41, 5.74) is 9.63. The molecule has 8 heteroatoms. The van der Waals surface area contributed by atoms with E-state index < -0.39 is 0 Å². The summed E-state index contributed by atoms with van der Waals surface area (Å²) in [5, 5.41) is 13.9. The second-order valence-electron chi connectivity index (χ2n) is 7.74. The van der Waals surface area contributed by atoms with Crippen molar-refractivity contribution in [2.75, 3.05) is 0 Å². The molecule has 32 heavy (non-hydrogen) atoms. The van der Waals surface area contributed by atoms with Gasteiger partial charge in [-0.3, -0.25) is 4.98 Å². The summed E-state index contributed by atoms with van der Waals surface area (Å²) in [5.74, 6) is 1.72. The zero-order chi connectivity index (χ0) is 22.7. The van der Waals surface area contributed by atoms with Crippen LogP contribution in [0.2, 0.25) is 0 Å². The molecule has 0 radical (unpaired) electrons. The van der Waals surface area contributed by atoms with Crippen molar-refractivity contribution in [2.45, 2.75) is 19.9 Å². The fourth-order valence-corrected chi connectivity index (χ4v) is 3.19. The Balaban J connectivity index is 1.69. The highest BCUT2D eigenvalue weighted by Crippen LogP contribution is 2.34. The van der Waals surface area contributed by atoms with Crippen LogP contribution in [-0.4, -0.2) is 24.7 Å². The number of pyridine rings is 1. The van der Waals surface area contributed by atoms with Gasteiger partial charge in [0.25, 0.3) is 0 Å². The van der Waals surface area contributed by atoms with Crippen molar-refractivity contribution in [3.8, 4) is 40.5 Å². The highest BCUT2D eigenvalue weighted by molar-refractivity contribution is 5.66. The Labute approximate surface area is 186 Å². The van der Waals surface area contributed by atoms with Crippen molar-refractivity contribution in [1.82, 2.24) is 24.7 Å². The lowest BCUT2D eigenvalue weighted by molar-refractivity contribution is 0.432. The third-order valence-corrected chi connectivity index (χ3v) is 5.11. The molecule has 1 aromatic carbocycles. The van der Waals surface area contributed by atoms with Crippen molar-refractivity contribution < 1.29 is 4.74 Å². The van der Waals surface area contributed by atoms with E-state index >= 15 is 0 Å². The van der Waals surface area contributed by atoms with E-state index in [4.69, 9.17) is 10.5 Å². The number of aromatic nitrogens is 5. The molecule has 8 nitrogen and oxygen atoms in total. The predicted octanol–water partition coefficient (Wildman–Crippen LogP) is 4.26. The Morgan fingerprint density at radius 1 is 1.03 bits per heavy atom. The molecule has 0 saturated carbocycles. The number of benzene rings is 1. The minimum Gasteiger partial charge on any atom is -0.438 e. The standard InChI is InChI=1S/C24H23N7O/c1-15(2)23(26)17-13-28-24(29-14-17)18-8-7-16(12-25)10-21(18)32-22-11-20(30-31(22)3)19-6-4-5-9-27-19/h4-11,13-15,23H,26H2,1-3H3. The SMILES string of the molecule is CC(C)C(N)c1cnc(-c2ccc(C#N)cc2Oc2cc(-c3ccccn3)nn2C)nc1. The summed E-state index contributed by atoms with van der Waals surface area (Å²) < 4.78 is 7.80. The van der Waals surface area contributed by atoms with Gasteiger partial charge in [0, 0.05) is 43.3 Å². The predicted molar refractivity (Wildman–Crippen MR) is 120 cm³/mol. The maximum Gasteiger partial charge on any atom is 0.218 e. The molecule has 4 rings (SSSR count). The van der Waals surface area contributed by atoms with Gasteiger partial charge < -0.3 is 10.5 Å². The van der Waals surface area contributed by atoms with Crippen LogP contribution in [0.5, 0.6) is 11.6 Å². The number of rotatable bonds is 6. The van der Waals surface area contributed by atoms with E-state index in [0.717, 1.165) is 11.3 Å². The zero-order valence-corrected chi connectivity index (χ0v) is 18.1. The fourth-order valence-electron chi connectivity index (χ4n) is 3.19. The Hall–Kier alpha value is -4.09. The number of nitrogens with zero attached hydrogens (tertiary/aromatic N) is 6. The van der Waals surface area contributed by atoms with E-state index in [-0.39, 0.29) is 12.0 Å². The van der Waals surface area contributed by atoms with Crippen LogP contribution in [-0.2, 0) is 7.05 Å². The minimum atomic E-state index is -0.139. The first-order chi connectivity index (χ1) is 15.5. The molecule has 3 heterocycles. The summed E-state index contributed by atoms with van der Waals surface area (Å²) >= 11 is 0. The summed E-state index contributed by atoms with van der Waals surface area (Å²) in [6, 6.07) is 14.6. The Kier molecular flexibility index (Phi) is 5.92. The first kappa shape index (κ1) is 21.2. The largest absolute Gasteiger partial charge is 0.438 e. The van der Waals surface area contributed by atoms with E-state index in [1.807, 2.05) is 18.2 Å². The molecule has 0 saturated heterocycles. The van der Waals surface area contributed by atoms with Crippen LogP contribution in [0.25, 0.3) is 22.8 Å². The zero-order valence-electron chi connectivity index (χ0n) is 18.1. The van der Waals surface area contributed by atoms with Gasteiger partial charge in [0.2, 0.25) is 5.88 Å². The monoisotopic (exact) mass is 425 g/mol. The molecule has 160 valence electrons. The molecule has 0 aliphatic heterocycles. The van der Waals surface area contributed by atoms with Crippen molar-refractivity contribution in [3.63, 3.8) is 0 Å². The van der Waals surface area contributed by atoms with Gasteiger partial charge in [-0.15, -0.1) is 0 Å². The molecule has 3 aromatic heterocycles. The molecule has 1 atom stereocenters. The third kappa shape index (κ3) is 4.33. The second kappa shape index (κ2) is 8.96. The summed E-state index contributed by atoms with van der Waals surface area (Å²) in [4.78, 5) is 13.3. The molecular weight excluding hydrogens is 402 g/mol. The maximum absolute atomic E-state index is 9.37. The minimum absolute atomic E-state index is 0.139. The van der Waals surface area contributed by atoms with E-state index in [1.165, 1.54) is 0 Å². The second-order valence-corrected chi connectivity index (χ2v) is 7.74. The molecule has 0 spiro atoms. The van der Waals surface area contributed by atoms with Crippen LogP contribution in [0.15, 0.2) is 61.1 Å². The molecule has 0 aliphatic rings. The van der Waals surface area contributed by atoms with Crippen LogP contribution in [0.3, 0.4) is 0 Å². The van der Waals surface area contributed by atoms with Crippen LogP contribution in [0.4, 0.5) is 0 Å². The molecule has 4 aromatic rings. The maximum atomic E-state index is 9.37. The molecule has 0 fully saturated rings. The first-order valence-corrected chi connectivity index (χ1v) is 10.2. The quantitative estimate of drug-likeness (QED) is 0.491. The molecular formula is C24H23N7O. The lowest BCUT2D eigenvalue weighted by atomic mass is 10.00. The number of ether oxygens (including phenoxy) is 1. The Morgan fingerprint density at radius 3 is 2.47 bits per heavy atom. The van der Waals surface area contributed by atoms with Gasteiger partial charge in [-0.05, 0) is 36.2 Å². The van der Waals surface area contributed by atoms with Gasteiger partial charge in [-0.25, -0.2) is 14.6 Å². The van der Waals surface area contributed by atoms with Gasteiger partial charge in [-0.2, -0.15) is 10.4 Å². The first-order valence-electron chi connectivity index (χ1n) is 10.2. The molecule has 0 aliphatic carbocycles. The van der Waals surface area contributed by atoms with Crippen LogP contribution >= 0.6 is 0 Å². The topological polar surface area (TPSA) is 116 Å². The van der Waals surface area contributed by atoms with E-state index in [9.17, 15) is 5.26 Å². The summed E-state index contributed by atoms with van der Waals surface area (Å²) in [7, 11) is 1.79. The lowest BCUT2D eigenvalue weighted by Gasteiger charge is -2.15. The molecule has 2 N–H and O–H groups in total. The van der Waals surface area contributed by atoms with Gasteiger partial charge in [-0.1, -0.05) is 19.9 Å². The van der Waals surface area contributed by atoms with Gasteiger partial charge in [0.05, 0.1) is 22.9 Å². The Morgan fingerprint density at radius 2 is 1.81 bits per heavy atom. The van der Waals surface area contributed by atoms with Crippen LogP contribution < -0.4 is 10.5 Å². The van der Waals surface area contributed by atoms with Crippen molar-refractivity contribution in [3.05, 3.63) is 72.2 Å². The molecule has 1 unspecified atom stereocenters. The van der Waals surface area contributed by atoms with Crippen molar-refractivity contribution in [1.29, 1.82) is 5.26 Å². The van der Waals surface area contributed by atoms with E-state index in [0.29, 0.717) is 34.3 Å². The average molecular weight is 425 g/mol. The highest BCUT2D eigenvalue weighted by atomic mass is 16.5. The van der Waals surface area contributed by atoms with Gasteiger partial charge >= 0.3 is 0 Å². The summed E-state index contributed by atoms with van der Waals surface area (Å²) in [6.07, 6.45) is 5.18. The van der Waals surface area contributed by atoms with E-state index in [2.05, 4.69) is 40.0 Å². The normalized spacial score (nSPS) is 11.9. The van der Waals surface area contributed by atoms with Gasteiger partial charge in [0.15, 0.2) is 5.82 Å².